The van der Waals surface area contributed by atoms with Gasteiger partial charge in [0, 0.05) is 18.8 Å². The van der Waals surface area contributed by atoms with Crippen molar-refractivity contribution < 1.29 is 9.53 Å². The van der Waals surface area contributed by atoms with E-state index in [4.69, 9.17) is 4.74 Å². The second-order valence-corrected chi connectivity index (χ2v) is 5.62. The number of benzene rings is 1. The minimum atomic E-state index is -0.491. The molecule has 0 bridgehead atoms. The van der Waals surface area contributed by atoms with Crippen LogP contribution in [0.4, 0.5) is 4.79 Å². The fraction of sp³-hybridized carbons (Fsp3) is 0.467. The third-order valence-corrected chi connectivity index (χ3v) is 4.10. The second kappa shape index (κ2) is 7.94. The smallest absolute Gasteiger partial charge is 0.436 e. The van der Waals surface area contributed by atoms with E-state index in [-0.39, 0.29) is 0 Å². The lowest BCUT2D eigenvalue weighted by Crippen LogP contribution is -2.29. The van der Waals surface area contributed by atoms with E-state index in [2.05, 4.69) is 22.0 Å². The molecule has 20 heavy (non-hydrogen) atoms. The highest BCUT2D eigenvalue weighted by Crippen LogP contribution is 2.20. The summed E-state index contributed by atoms with van der Waals surface area (Å²) in [5.74, 6) is 1.00. The average Bonchev–Trinajstić information content (AvgIpc) is 2.66. The molecular formula is C15H20N2O2S. The summed E-state index contributed by atoms with van der Waals surface area (Å²) in [5, 5.41) is 0.782. The topological polar surface area (TPSA) is 41.9 Å². The van der Waals surface area contributed by atoms with E-state index in [0.29, 0.717) is 6.61 Å². The first-order valence-corrected chi connectivity index (χ1v) is 7.95. The highest BCUT2D eigenvalue weighted by atomic mass is 32.2. The molecule has 1 saturated heterocycles. The molecule has 108 valence electrons. The van der Waals surface area contributed by atoms with Gasteiger partial charge < -0.3 is 9.64 Å². The van der Waals surface area contributed by atoms with E-state index < -0.39 is 6.09 Å². The molecule has 1 aliphatic heterocycles. The Labute approximate surface area is 124 Å². The Morgan fingerprint density at radius 2 is 2.15 bits per heavy atom. The summed E-state index contributed by atoms with van der Waals surface area (Å²) >= 11 is 1.64. The lowest BCUT2D eigenvalue weighted by atomic mass is 10.2. The number of hydrogen-bond donors (Lipinski definition) is 0. The number of rotatable bonds is 3. The van der Waals surface area contributed by atoms with Crippen LogP contribution in [0, 0.1) is 0 Å². The summed E-state index contributed by atoms with van der Waals surface area (Å²) in [6.07, 6.45) is 1.79. The Balaban J connectivity index is 2.10. The van der Waals surface area contributed by atoms with E-state index in [0.717, 1.165) is 36.9 Å². The number of ether oxygens (including phenoxy) is 1. The lowest BCUT2D eigenvalue weighted by molar-refractivity contribution is 0.163. The molecule has 0 aromatic heterocycles. The first kappa shape index (κ1) is 14.9. The van der Waals surface area contributed by atoms with Crippen LogP contribution in [0.25, 0.3) is 0 Å². The normalized spacial score (nSPS) is 17.9. The van der Waals surface area contributed by atoms with Gasteiger partial charge in [-0.05, 0) is 25.3 Å². The largest absolute Gasteiger partial charge is 0.448 e. The molecule has 1 aromatic carbocycles. The van der Waals surface area contributed by atoms with Crippen molar-refractivity contribution in [2.45, 2.75) is 26.3 Å². The lowest BCUT2D eigenvalue weighted by Gasteiger charge is -2.23. The Bertz CT molecular complexity index is 462. The van der Waals surface area contributed by atoms with Crippen molar-refractivity contribution in [1.82, 2.24) is 4.90 Å². The monoisotopic (exact) mass is 292 g/mol. The average molecular weight is 292 g/mol. The number of nitrogens with zero attached hydrogens (tertiary/aromatic N) is 2. The number of carbonyl (C=O) groups is 1. The minimum absolute atomic E-state index is 0.360. The van der Waals surface area contributed by atoms with Gasteiger partial charge in [0.05, 0.1) is 6.61 Å². The van der Waals surface area contributed by atoms with Crippen molar-refractivity contribution in [3.8, 4) is 0 Å². The number of carbonyl (C=O) groups excluding carboxylic acids is 1. The van der Waals surface area contributed by atoms with Crippen LogP contribution in [-0.2, 0) is 11.3 Å². The van der Waals surface area contributed by atoms with Gasteiger partial charge in [0.25, 0.3) is 0 Å². The van der Waals surface area contributed by atoms with Crippen LogP contribution in [0.1, 0.15) is 25.3 Å². The quantitative estimate of drug-likeness (QED) is 0.854. The Hall–Kier alpha value is -1.49. The Kier molecular flexibility index (Phi) is 5.92. The Morgan fingerprint density at radius 1 is 1.35 bits per heavy atom. The van der Waals surface area contributed by atoms with Gasteiger partial charge in [-0.15, -0.1) is 0 Å². The van der Waals surface area contributed by atoms with Gasteiger partial charge in [0.15, 0.2) is 5.17 Å². The SMILES string of the molecule is CCOC(=O)N=C1SCCCCN1Cc1ccccc1. The van der Waals surface area contributed by atoms with E-state index in [1.54, 1.807) is 18.7 Å². The molecule has 0 atom stereocenters. The number of amidine groups is 1. The molecule has 0 unspecified atom stereocenters. The fourth-order valence-corrected chi connectivity index (χ4v) is 3.05. The molecule has 1 amide bonds. The highest BCUT2D eigenvalue weighted by molar-refractivity contribution is 8.13. The summed E-state index contributed by atoms with van der Waals surface area (Å²) in [7, 11) is 0. The summed E-state index contributed by atoms with van der Waals surface area (Å²) in [6, 6.07) is 10.3. The summed E-state index contributed by atoms with van der Waals surface area (Å²) < 4.78 is 4.92. The van der Waals surface area contributed by atoms with Crippen molar-refractivity contribution in [3.05, 3.63) is 35.9 Å². The molecule has 0 radical (unpaired) electrons. The van der Waals surface area contributed by atoms with Crippen molar-refractivity contribution in [3.63, 3.8) is 0 Å². The molecule has 2 rings (SSSR count). The molecule has 0 spiro atoms. The predicted molar refractivity (Wildman–Crippen MR) is 83.0 cm³/mol. The molecule has 4 nitrogen and oxygen atoms in total. The van der Waals surface area contributed by atoms with Crippen LogP contribution in [0.3, 0.4) is 0 Å². The van der Waals surface area contributed by atoms with E-state index in [1.807, 2.05) is 18.2 Å². The van der Waals surface area contributed by atoms with Gasteiger partial charge in [-0.1, -0.05) is 42.1 Å². The first-order valence-electron chi connectivity index (χ1n) is 6.96. The molecular weight excluding hydrogens is 272 g/mol. The number of thioether (sulfide) groups is 1. The van der Waals surface area contributed by atoms with Crippen molar-refractivity contribution in [1.29, 1.82) is 0 Å². The van der Waals surface area contributed by atoms with E-state index in [9.17, 15) is 4.79 Å². The molecule has 1 heterocycles. The first-order chi connectivity index (χ1) is 9.79. The minimum Gasteiger partial charge on any atom is -0.448 e. The zero-order chi connectivity index (χ0) is 14.2. The number of hydrogen-bond acceptors (Lipinski definition) is 3. The van der Waals surface area contributed by atoms with Crippen molar-refractivity contribution in [2.24, 2.45) is 4.99 Å². The van der Waals surface area contributed by atoms with E-state index >= 15 is 0 Å². The molecule has 0 saturated carbocycles. The standard InChI is InChI=1S/C15H20N2O2S/c1-2-19-15(18)16-14-17(10-6-7-11-20-14)12-13-8-4-3-5-9-13/h3-5,8-9H,2,6-7,10-12H2,1H3. The molecule has 5 heteroatoms. The third kappa shape index (κ3) is 4.56. The van der Waals surface area contributed by atoms with Crippen LogP contribution < -0.4 is 0 Å². The van der Waals surface area contributed by atoms with Crippen LogP contribution in [0.15, 0.2) is 35.3 Å². The number of amides is 1. The summed E-state index contributed by atoms with van der Waals surface area (Å²) in [5.41, 5.74) is 1.23. The van der Waals surface area contributed by atoms with Crippen LogP contribution in [-0.4, -0.2) is 35.1 Å². The maximum Gasteiger partial charge on any atom is 0.436 e. The highest BCUT2D eigenvalue weighted by Gasteiger charge is 2.17. The van der Waals surface area contributed by atoms with Gasteiger partial charge >= 0.3 is 6.09 Å². The maximum atomic E-state index is 11.6. The summed E-state index contributed by atoms with van der Waals surface area (Å²) in [4.78, 5) is 17.9. The summed E-state index contributed by atoms with van der Waals surface area (Å²) in [6.45, 7) is 3.87. The van der Waals surface area contributed by atoms with Gasteiger partial charge in [0.2, 0.25) is 0 Å². The van der Waals surface area contributed by atoms with Gasteiger partial charge in [-0.25, -0.2) is 4.79 Å². The zero-order valence-electron chi connectivity index (χ0n) is 11.7. The fourth-order valence-electron chi connectivity index (χ4n) is 2.04. The Morgan fingerprint density at radius 3 is 2.90 bits per heavy atom. The van der Waals surface area contributed by atoms with E-state index in [1.165, 1.54) is 5.56 Å². The molecule has 1 fully saturated rings. The third-order valence-electron chi connectivity index (χ3n) is 3.00. The molecule has 1 aliphatic rings. The van der Waals surface area contributed by atoms with Crippen molar-refractivity contribution in [2.75, 3.05) is 18.9 Å². The van der Waals surface area contributed by atoms with Gasteiger partial charge in [-0.2, -0.15) is 4.99 Å². The second-order valence-electron chi connectivity index (χ2n) is 4.56. The molecule has 1 aromatic rings. The number of aliphatic imine (C=N–C) groups is 1. The van der Waals surface area contributed by atoms with Crippen LogP contribution in [0.5, 0.6) is 0 Å². The predicted octanol–water partition coefficient (Wildman–Crippen LogP) is 3.53. The van der Waals surface area contributed by atoms with Gasteiger partial charge in [-0.3, -0.25) is 0 Å². The van der Waals surface area contributed by atoms with Crippen LogP contribution in [0.2, 0.25) is 0 Å². The van der Waals surface area contributed by atoms with Crippen LogP contribution >= 0.6 is 11.8 Å². The molecule has 0 aliphatic carbocycles. The van der Waals surface area contributed by atoms with Gasteiger partial charge in [0.1, 0.15) is 0 Å². The molecule has 0 N–H and O–H groups in total. The van der Waals surface area contributed by atoms with Crippen molar-refractivity contribution >= 4 is 23.0 Å². The zero-order valence-corrected chi connectivity index (χ0v) is 12.6. The maximum absolute atomic E-state index is 11.6.